The van der Waals surface area contributed by atoms with E-state index >= 15 is 0 Å². The van der Waals surface area contributed by atoms with E-state index in [9.17, 15) is 14.4 Å². The van der Waals surface area contributed by atoms with Crippen LogP contribution in [0.3, 0.4) is 0 Å². The quantitative estimate of drug-likeness (QED) is 0.853. The Hall–Kier alpha value is -1.67. The lowest BCUT2D eigenvalue weighted by Gasteiger charge is -2.30. The number of benzene rings is 1. The van der Waals surface area contributed by atoms with E-state index in [1.165, 1.54) is 0 Å². The molecule has 1 aromatic carbocycles. The number of carbonyl (C=O) groups is 1. The number of hydrogen-bond donors (Lipinski definition) is 1. The fourth-order valence-corrected chi connectivity index (χ4v) is 4.41. The van der Waals surface area contributed by atoms with Gasteiger partial charge in [-0.25, -0.2) is 9.36 Å². The Morgan fingerprint density at radius 1 is 1.28 bits per heavy atom. The molecule has 1 aromatic heterocycles. The molecular weight excluding hydrogens is 358 g/mol. The number of rotatable bonds is 5. The Bertz CT molecular complexity index is 871. The van der Waals surface area contributed by atoms with E-state index in [4.69, 9.17) is 0 Å². The molecule has 1 amide bonds. The molecule has 0 spiro atoms. The Labute approximate surface area is 154 Å². The average molecular weight is 380 g/mol. The summed E-state index contributed by atoms with van der Waals surface area (Å²) in [4.78, 5) is 43.0. The van der Waals surface area contributed by atoms with E-state index in [1.807, 2.05) is 18.0 Å². The summed E-state index contributed by atoms with van der Waals surface area (Å²) in [6.45, 7) is 1.33. The van der Waals surface area contributed by atoms with Gasteiger partial charge in [0, 0.05) is 24.6 Å². The summed E-state index contributed by atoms with van der Waals surface area (Å²) in [5, 5.41) is 0.429. The topological polar surface area (TPSA) is 75.2 Å². The Morgan fingerprint density at radius 2 is 2.00 bits per heavy atom. The predicted octanol–water partition coefficient (Wildman–Crippen LogP) is 1.56. The summed E-state index contributed by atoms with van der Waals surface area (Å²) >= 11 is 3.42. The minimum Gasteiger partial charge on any atom is -0.339 e. The summed E-state index contributed by atoms with van der Waals surface area (Å²) in [6.07, 6.45) is 2.41. The summed E-state index contributed by atoms with van der Waals surface area (Å²) in [5.74, 6) is 2.36. The molecule has 1 aliphatic rings. The van der Waals surface area contributed by atoms with Gasteiger partial charge in [-0.15, -0.1) is 0 Å². The molecule has 6 nitrogen and oxygen atoms in total. The van der Waals surface area contributed by atoms with Gasteiger partial charge in [-0.1, -0.05) is 12.1 Å². The molecule has 0 saturated carbocycles. The highest BCUT2D eigenvalue weighted by Crippen LogP contribution is 2.19. The van der Waals surface area contributed by atoms with Crippen LogP contribution in [0.5, 0.6) is 0 Å². The highest BCUT2D eigenvalue weighted by atomic mass is 32.2. The number of carbonyl (C=O) groups excluding carboxylic acids is 1. The lowest BCUT2D eigenvalue weighted by atomic mass is 10.1. The summed E-state index contributed by atoms with van der Waals surface area (Å²) in [7, 11) is 0. The standard InChI is InChI=1S/C17H21N3O3S2/c1-24-9-6-14(16(22)19-7-10-25-11-8-19)20-15(21)12-4-2-3-5-13(12)18-17(20)23/h2-5,14H,6-11H2,1H3,(H,18,23). The molecule has 1 aliphatic heterocycles. The molecule has 0 aliphatic carbocycles. The molecule has 25 heavy (non-hydrogen) atoms. The average Bonchev–Trinajstić information content (AvgIpc) is 2.64. The van der Waals surface area contributed by atoms with Crippen molar-refractivity contribution in [3.05, 3.63) is 45.1 Å². The van der Waals surface area contributed by atoms with E-state index in [-0.39, 0.29) is 5.91 Å². The van der Waals surface area contributed by atoms with Gasteiger partial charge in [0.05, 0.1) is 10.9 Å². The number of fused-ring (bicyclic) bond motifs is 1. The number of aromatic nitrogens is 2. The highest BCUT2D eigenvalue weighted by molar-refractivity contribution is 7.99. The second kappa shape index (κ2) is 8.14. The minimum absolute atomic E-state index is 0.128. The van der Waals surface area contributed by atoms with Gasteiger partial charge in [0.1, 0.15) is 6.04 Å². The fraction of sp³-hybridized carbons (Fsp3) is 0.471. The monoisotopic (exact) mass is 379 g/mol. The number of nitrogens with zero attached hydrogens (tertiary/aromatic N) is 2. The Balaban J connectivity index is 2.06. The molecule has 1 atom stereocenters. The van der Waals surface area contributed by atoms with Crippen LogP contribution >= 0.6 is 23.5 Å². The molecule has 2 aromatic rings. The molecule has 0 radical (unpaired) electrons. The lowest BCUT2D eigenvalue weighted by molar-refractivity contribution is -0.134. The van der Waals surface area contributed by atoms with Gasteiger partial charge in [-0.3, -0.25) is 9.59 Å². The van der Waals surface area contributed by atoms with Crippen LogP contribution in [0.25, 0.3) is 10.9 Å². The SMILES string of the molecule is CSCCC(C(=O)N1CCSCC1)n1c(=O)[nH]c2ccccc2c1=O. The number of thioether (sulfide) groups is 2. The van der Waals surface area contributed by atoms with Crippen LogP contribution in [0.15, 0.2) is 33.9 Å². The molecule has 1 saturated heterocycles. The van der Waals surface area contributed by atoms with Crippen LogP contribution in [0.1, 0.15) is 12.5 Å². The summed E-state index contributed by atoms with van der Waals surface area (Å²) in [6, 6.07) is 6.15. The Morgan fingerprint density at radius 3 is 2.72 bits per heavy atom. The zero-order chi connectivity index (χ0) is 17.8. The largest absolute Gasteiger partial charge is 0.339 e. The Kier molecular flexibility index (Phi) is 5.90. The molecule has 1 N–H and O–H groups in total. The number of aromatic amines is 1. The molecule has 3 rings (SSSR count). The van der Waals surface area contributed by atoms with Gasteiger partial charge in [-0.2, -0.15) is 23.5 Å². The maximum Gasteiger partial charge on any atom is 0.329 e. The van der Waals surface area contributed by atoms with E-state index in [2.05, 4.69) is 4.98 Å². The van der Waals surface area contributed by atoms with Crippen molar-refractivity contribution in [1.29, 1.82) is 0 Å². The third-order valence-corrected chi connectivity index (χ3v) is 5.94. The van der Waals surface area contributed by atoms with Crippen molar-refractivity contribution < 1.29 is 4.79 Å². The van der Waals surface area contributed by atoms with Crippen LogP contribution in [0.4, 0.5) is 0 Å². The van der Waals surface area contributed by atoms with Crippen molar-refractivity contribution in [1.82, 2.24) is 14.5 Å². The maximum atomic E-state index is 13.0. The van der Waals surface area contributed by atoms with Crippen LogP contribution < -0.4 is 11.2 Å². The van der Waals surface area contributed by atoms with Gasteiger partial charge in [-0.05, 0) is 30.6 Å². The van der Waals surface area contributed by atoms with E-state index in [1.54, 1.807) is 40.9 Å². The third-order valence-electron chi connectivity index (χ3n) is 4.35. The smallest absolute Gasteiger partial charge is 0.329 e. The third kappa shape index (κ3) is 3.79. The maximum absolute atomic E-state index is 13.0. The normalized spacial score (nSPS) is 16.1. The molecule has 1 fully saturated rings. The van der Waals surface area contributed by atoms with Gasteiger partial charge < -0.3 is 9.88 Å². The van der Waals surface area contributed by atoms with E-state index < -0.39 is 17.3 Å². The molecule has 2 heterocycles. The van der Waals surface area contributed by atoms with Crippen LogP contribution in [-0.4, -0.2) is 57.0 Å². The first kappa shape index (κ1) is 18.1. The number of para-hydroxylation sites is 1. The zero-order valence-electron chi connectivity index (χ0n) is 14.1. The van der Waals surface area contributed by atoms with Gasteiger partial charge >= 0.3 is 5.69 Å². The van der Waals surface area contributed by atoms with Crippen molar-refractivity contribution in [2.24, 2.45) is 0 Å². The van der Waals surface area contributed by atoms with Crippen molar-refractivity contribution >= 4 is 40.3 Å². The second-order valence-electron chi connectivity index (χ2n) is 5.89. The fourth-order valence-electron chi connectivity index (χ4n) is 3.05. The molecular formula is C17H21N3O3S2. The zero-order valence-corrected chi connectivity index (χ0v) is 15.7. The number of amides is 1. The molecule has 0 bridgehead atoms. The van der Waals surface area contributed by atoms with Crippen LogP contribution in [0.2, 0.25) is 0 Å². The second-order valence-corrected chi connectivity index (χ2v) is 8.10. The highest BCUT2D eigenvalue weighted by Gasteiger charge is 2.29. The number of H-pyrrole nitrogens is 1. The predicted molar refractivity (Wildman–Crippen MR) is 105 cm³/mol. The van der Waals surface area contributed by atoms with E-state index in [0.29, 0.717) is 36.2 Å². The number of hydrogen-bond acceptors (Lipinski definition) is 5. The number of nitrogens with one attached hydrogen (secondary N) is 1. The van der Waals surface area contributed by atoms with Crippen molar-refractivity contribution in [3.63, 3.8) is 0 Å². The van der Waals surface area contributed by atoms with Crippen molar-refractivity contribution in [2.45, 2.75) is 12.5 Å². The van der Waals surface area contributed by atoms with Gasteiger partial charge in [0.15, 0.2) is 0 Å². The van der Waals surface area contributed by atoms with E-state index in [0.717, 1.165) is 16.1 Å². The summed E-state index contributed by atoms with van der Waals surface area (Å²) in [5.41, 5.74) is -0.418. The van der Waals surface area contributed by atoms with Gasteiger partial charge in [0.25, 0.3) is 5.56 Å². The molecule has 8 heteroatoms. The summed E-state index contributed by atoms with van der Waals surface area (Å²) < 4.78 is 1.11. The first-order valence-corrected chi connectivity index (χ1v) is 10.8. The van der Waals surface area contributed by atoms with Gasteiger partial charge in [0.2, 0.25) is 5.91 Å². The van der Waals surface area contributed by atoms with Crippen molar-refractivity contribution in [2.75, 3.05) is 36.6 Å². The van der Waals surface area contributed by atoms with Crippen LogP contribution in [-0.2, 0) is 4.79 Å². The lowest BCUT2D eigenvalue weighted by Crippen LogP contribution is -2.48. The molecule has 134 valence electrons. The first-order chi connectivity index (χ1) is 12.1. The molecule has 1 unspecified atom stereocenters. The van der Waals surface area contributed by atoms with Crippen molar-refractivity contribution in [3.8, 4) is 0 Å². The van der Waals surface area contributed by atoms with Crippen LogP contribution in [0, 0.1) is 0 Å². The first-order valence-electron chi connectivity index (χ1n) is 8.22. The minimum atomic E-state index is -0.753.